The molecule has 1 aromatic heterocycles. The second-order valence-electron chi connectivity index (χ2n) is 6.40. The predicted octanol–water partition coefficient (Wildman–Crippen LogP) is 5.65. The van der Waals surface area contributed by atoms with Gasteiger partial charge in [-0.1, -0.05) is 0 Å². The summed E-state index contributed by atoms with van der Waals surface area (Å²) >= 11 is 3.17. The van der Waals surface area contributed by atoms with Crippen LogP contribution in [-0.4, -0.2) is 30.9 Å². The Kier molecular flexibility index (Phi) is 7.55. The number of methoxy groups -OCH3 is 2. The number of thioether (sulfide) groups is 1. The number of hydrogen-bond donors (Lipinski definition) is 1. The van der Waals surface area contributed by atoms with Crippen LogP contribution in [0.2, 0.25) is 0 Å². The maximum atomic E-state index is 12.2. The van der Waals surface area contributed by atoms with Crippen LogP contribution in [0.4, 0.5) is 5.13 Å². The van der Waals surface area contributed by atoms with Crippen LogP contribution in [-0.2, 0) is 4.79 Å². The molecule has 1 amide bonds. The quantitative estimate of drug-likeness (QED) is 0.353. The van der Waals surface area contributed by atoms with Crippen molar-refractivity contribution in [2.24, 2.45) is 0 Å². The molecule has 29 heavy (non-hydrogen) atoms. The molecule has 0 aliphatic heterocycles. The molecule has 2 aromatic carbocycles. The SMILES string of the molecule is COc1ccc(SCCCC(=O)Nc2nc(-c3ccc(OC)c(C)c3)cs2)cc1. The van der Waals surface area contributed by atoms with E-state index < -0.39 is 0 Å². The summed E-state index contributed by atoms with van der Waals surface area (Å²) in [5.74, 6) is 2.58. The first-order valence-corrected chi connectivity index (χ1v) is 11.1. The number of aromatic nitrogens is 1. The first-order valence-electron chi connectivity index (χ1n) is 9.26. The van der Waals surface area contributed by atoms with E-state index in [1.807, 2.05) is 54.8 Å². The zero-order valence-corrected chi connectivity index (χ0v) is 18.4. The topological polar surface area (TPSA) is 60.5 Å². The van der Waals surface area contributed by atoms with Gasteiger partial charge in [0, 0.05) is 22.3 Å². The number of aryl methyl sites for hydroxylation is 1. The Morgan fingerprint density at radius 3 is 2.62 bits per heavy atom. The average molecular weight is 429 g/mol. The lowest BCUT2D eigenvalue weighted by Gasteiger charge is -2.05. The van der Waals surface area contributed by atoms with Crippen LogP contribution in [0.15, 0.2) is 52.7 Å². The standard InChI is InChI=1S/C22H24N2O3S2/c1-15-13-16(6-11-20(15)27-3)19-14-29-22(23-19)24-21(25)5-4-12-28-18-9-7-17(26-2)8-10-18/h6-11,13-14H,4-5,12H2,1-3H3,(H,23,24,25). The van der Waals surface area contributed by atoms with Crippen molar-refractivity contribution >= 4 is 34.1 Å². The lowest BCUT2D eigenvalue weighted by Crippen LogP contribution is -2.11. The number of anilines is 1. The highest BCUT2D eigenvalue weighted by atomic mass is 32.2. The first kappa shape index (κ1) is 21.2. The van der Waals surface area contributed by atoms with Crippen LogP contribution < -0.4 is 14.8 Å². The Hall–Kier alpha value is -2.51. The third-order valence-corrected chi connectivity index (χ3v) is 6.17. The van der Waals surface area contributed by atoms with Gasteiger partial charge in [0.15, 0.2) is 5.13 Å². The fraction of sp³-hybridized carbons (Fsp3) is 0.273. The van der Waals surface area contributed by atoms with Crippen molar-refractivity contribution in [3.63, 3.8) is 0 Å². The summed E-state index contributed by atoms with van der Waals surface area (Å²) in [7, 11) is 3.32. The van der Waals surface area contributed by atoms with E-state index in [-0.39, 0.29) is 5.91 Å². The van der Waals surface area contributed by atoms with Gasteiger partial charge in [-0.2, -0.15) is 0 Å². The number of nitrogens with one attached hydrogen (secondary N) is 1. The summed E-state index contributed by atoms with van der Waals surface area (Å²) in [5, 5.41) is 5.48. The number of carbonyl (C=O) groups is 1. The normalized spacial score (nSPS) is 10.6. The van der Waals surface area contributed by atoms with Crippen molar-refractivity contribution in [3.05, 3.63) is 53.4 Å². The van der Waals surface area contributed by atoms with E-state index in [0.717, 1.165) is 40.5 Å². The smallest absolute Gasteiger partial charge is 0.226 e. The fourth-order valence-electron chi connectivity index (χ4n) is 2.78. The minimum absolute atomic E-state index is 0.00728. The number of hydrogen-bond acceptors (Lipinski definition) is 6. The Morgan fingerprint density at radius 2 is 1.93 bits per heavy atom. The molecule has 0 unspecified atom stereocenters. The Labute approximate surface area is 179 Å². The van der Waals surface area contributed by atoms with Gasteiger partial charge >= 0.3 is 0 Å². The highest BCUT2D eigenvalue weighted by molar-refractivity contribution is 7.99. The molecule has 0 aliphatic carbocycles. The molecular formula is C22H24N2O3S2. The van der Waals surface area contributed by atoms with Gasteiger partial charge in [0.1, 0.15) is 11.5 Å². The van der Waals surface area contributed by atoms with E-state index in [4.69, 9.17) is 9.47 Å². The molecule has 1 N–H and O–H groups in total. The third kappa shape index (κ3) is 5.98. The van der Waals surface area contributed by atoms with Gasteiger partial charge in [-0.15, -0.1) is 23.1 Å². The van der Waals surface area contributed by atoms with E-state index in [1.165, 1.54) is 16.2 Å². The minimum Gasteiger partial charge on any atom is -0.497 e. The molecule has 152 valence electrons. The zero-order chi connectivity index (χ0) is 20.6. The summed E-state index contributed by atoms with van der Waals surface area (Å²) < 4.78 is 10.5. The molecule has 0 spiro atoms. The van der Waals surface area contributed by atoms with Crippen molar-refractivity contribution in [2.45, 2.75) is 24.7 Å². The van der Waals surface area contributed by atoms with Gasteiger partial charge in [0.25, 0.3) is 0 Å². The number of ether oxygens (including phenoxy) is 2. The number of carbonyl (C=O) groups excluding carboxylic acids is 1. The Bertz CT molecular complexity index is 955. The Balaban J connectivity index is 1.45. The molecule has 0 fully saturated rings. The van der Waals surface area contributed by atoms with Crippen molar-refractivity contribution in [1.29, 1.82) is 0 Å². The van der Waals surface area contributed by atoms with Crippen LogP contribution in [0.3, 0.4) is 0 Å². The Morgan fingerprint density at radius 1 is 1.14 bits per heavy atom. The van der Waals surface area contributed by atoms with Crippen molar-refractivity contribution in [1.82, 2.24) is 4.98 Å². The fourth-order valence-corrected chi connectivity index (χ4v) is 4.37. The van der Waals surface area contributed by atoms with Gasteiger partial charge in [0.05, 0.1) is 19.9 Å². The molecule has 0 bridgehead atoms. The molecule has 5 nitrogen and oxygen atoms in total. The monoisotopic (exact) mass is 428 g/mol. The van der Waals surface area contributed by atoms with Gasteiger partial charge in [-0.25, -0.2) is 4.98 Å². The van der Waals surface area contributed by atoms with E-state index in [9.17, 15) is 4.79 Å². The summed E-state index contributed by atoms with van der Waals surface area (Å²) in [4.78, 5) is 17.9. The van der Waals surface area contributed by atoms with E-state index >= 15 is 0 Å². The highest BCUT2D eigenvalue weighted by Gasteiger charge is 2.09. The highest BCUT2D eigenvalue weighted by Crippen LogP contribution is 2.29. The third-order valence-electron chi connectivity index (χ3n) is 4.32. The summed E-state index contributed by atoms with van der Waals surface area (Å²) in [6.07, 6.45) is 1.28. The zero-order valence-electron chi connectivity index (χ0n) is 16.7. The molecule has 1 heterocycles. The van der Waals surface area contributed by atoms with Gasteiger partial charge in [-0.05, 0) is 67.1 Å². The van der Waals surface area contributed by atoms with Crippen LogP contribution in [0.25, 0.3) is 11.3 Å². The van der Waals surface area contributed by atoms with Crippen LogP contribution in [0.5, 0.6) is 11.5 Å². The largest absolute Gasteiger partial charge is 0.497 e. The second-order valence-corrected chi connectivity index (χ2v) is 8.42. The van der Waals surface area contributed by atoms with Crippen LogP contribution in [0.1, 0.15) is 18.4 Å². The van der Waals surface area contributed by atoms with Crippen molar-refractivity contribution in [2.75, 3.05) is 25.3 Å². The number of rotatable bonds is 9. The lowest BCUT2D eigenvalue weighted by molar-refractivity contribution is -0.116. The summed E-state index contributed by atoms with van der Waals surface area (Å²) in [6, 6.07) is 13.9. The lowest BCUT2D eigenvalue weighted by atomic mass is 10.1. The average Bonchev–Trinajstić information content (AvgIpc) is 3.20. The molecule has 0 saturated carbocycles. The molecular weight excluding hydrogens is 404 g/mol. The van der Waals surface area contributed by atoms with E-state index in [0.29, 0.717) is 11.6 Å². The first-order chi connectivity index (χ1) is 14.1. The van der Waals surface area contributed by atoms with E-state index in [2.05, 4.69) is 10.3 Å². The molecule has 0 radical (unpaired) electrons. The molecule has 0 aliphatic rings. The van der Waals surface area contributed by atoms with Crippen molar-refractivity contribution in [3.8, 4) is 22.8 Å². The summed E-state index contributed by atoms with van der Waals surface area (Å²) in [5.41, 5.74) is 2.92. The van der Waals surface area contributed by atoms with Crippen LogP contribution in [0, 0.1) is 6.92 Å². The minimum atomic E-state index is -0.00728. The van der Waals surface area contributed by atoms with E-state index in [1.54, 1.807) is 26.0 Å². The second kappa shape index (κ2) is 10.3. The number of amides is 1. The molecule has 3 aromatic rings. The van der Waals surface area contributed by atoms with Crippen molar-refractivity contribution < 1.29 is 14.3 Å². The molecule has 0 saturated heterocycles. The number of benzene rings is 2. The van der Waals surface area contributed by atoms with Gasteiger partial charge in [-0.3, -0.25) is 4.79 Å². The van der Waals surface area contributed by atoms with Gasteiger partial charge in [0.2, 0.25) is 5.91 Å². The van der Waals surface area contributed by atoms with Gasteiger partial charge < -0.3 is 14.8 Å². The predicted molar refractivity (Wildman–Crippen MR) is 120 cm³/mol. The molecule has 3 rings (SSSR count). The molecule has 0 atom stereocenters. The number of thiazole rings is 1. The molecule has 7 heteroatoms. The van der Waals surface area contributed by atoms with Crippen LogP contribution >= 0.6 is 23.1 Å². The summed E-state index contributed by atoms with van der Waals surface area (Å²) in [6.45, 7) is 2.00. The maximum absolute atomic E-state index is 12.2. The number of nitrogens with zero attached hydrogens (tertiary/aromatic N) is 1. The maximum Gasteiger partial charge on any atom is 0.226 e.